The third-order valence-corrected chi connectivity index (χ3v) is 3.71. The fraction of sp³-hybridized carbons (Fsp3) is 0.350. The van der Waals surface area contributed by atoms with Crippen molar-refractivity contribution in [3.8, 4) is 11.5 Å². The Balaban J connectivity index is 0.00000364. The van der Waals surface area contributed by atoms with Crippen molar-refractivity contribution in [3.63, 3.8) is 0 Å². The molecule has 2 aromatic rings. The zero-order valence-electron chi connectivity index (χ0n) is 16.2. The predicted molar refractivity (Wildman–Crippen MR) is 121 cm³/mol. The van der Waals surface area contributed by atoms with Gasteiger partial charge >= 0.3 is 0 Å². The molecule has 0 spiro atoms. The summed E-state index contributed by atoms with van der Waals surface area (Å²) in [6, 6.07) is 14.0. The Morgan fingerprint density at radius 2 is 1.81 bits per heavy atom. The molecule has 2 aromatic carbocycles. The van der Waals surface area contributed by atoms with E-state index in [9.17, 15) is 0 Å². The molecule has 0 bridgehead atoms. The minimum atomic E-state index is 0. The van der Waals surface area contributed by atoms with Gasteiger partial charge in [0, 0.05) is 32.5 Å². The number of aliphatic imine (C=N–C) groups is 1. The van der Waals surface area contributed by atoms with Gasteiger partial charge in [-0.25, -0.2) is 0 Å². The van der Waals surface area contributed by atoms with E-state index in [1.54, 1.807) is 21.3 Å². The number of benzene rings is 2. The fourth-order valence-electron chi connectivity index (χ4n) is 2.52. The van der Waals surface area contributed by atoms with Gasteiger partial charge in [0.05, 0.1) is 20.3 Å². The fourth-order valence-corrected chi connectivity index (χ4v) is 2.52. The molecule has 2 rings (SSSR count). The first kappa shape index (κ1) is 23.0. The Morgan fingerprint density at radius 1 is 1.04 bits per heavy atom. The van der Waals surface area contributed by atoms with Gasteiger partial charge in [0.2, 0.25) is 0 Å². The third-order valence-electron chi connectivity index (χ3n) is 3.71. The predicted octanol–water partition coefficient (Wildman–Crippen LogP) is 4.05. The topological polar surface area (TPSA) is 64.1 Å². The Morgan fingerprint density at radius 3 is 2.48 bits per heavy atom. The van der Waals surface area contributed by atoms with Gasteiger partial charge in [-0.15, -0.1) is 24.0 Å². The second kappa shape index (κ2) is 12.4. The third kappa shape index (κ3) is 7.26. The van der Waals surface area contributed by atoms with E-state index in [-0.39, 0.29) is 24.0 Å². The molecule has 0 radical (unpaired) electrons. The summed E-state index contributed by atoms with van der Waals surface area (Å²) in [5.41, 5.74) is 3.17. The molecule has 0 aromatic heterocycles. The van der Waals surface area contributed by atoms with Crippen molar-refractivity contribution in [2.75, 3.05) is 33.2 Å². The molecule has 0 aliphatic heterocycles. The average Bonchev–Trinajstić information content (AvgIpc) is 2.67. The number of nitrogens with zero attached hydrogens (tertiary/aromatic N) is 1. The molecule has 0 unspecified atom stereocenters. The summed E-state index contributed by atoms with van der Waals surface area (Å²) in [6.45, 7) is 3.80. The van der Waals surface area contributed by atoms with Crippen molar-refractivity contribution >= 4 is 35.6 Å². The molecule has 0 aliphatic rings. The Bertz CT molecular complexity index is 738. The van der Waals surface area contributed by atoms with Crippen molar-refractivity contribution in [2.45, 2.75) is 20.1 Å². The normalized spacial score (nSPS) is 10.7. The van der Waals surface area contributed by atoms with E-state index >= 15 is 0 Å². The van der Waals surface area contributed by atoms with Crippen LogP contribution in [0.25, 0.3) is 0 Å². The molecule has 0 amide bonds. The standard InChI is InChI=1S/C20H27N3O3.HI/c1-5-26-18-10-9-17(12-19(18)25-4)23-20(21-2)22-13-15-7-6-8-16(11-15)14-24-3;/h6-12H,5,13-14H2,1-4H3,(H2,21,22,23);1H. The van der Waals surface area contributed by atoms with Crippen LogP contribution in [-0.4, -0.2) is 33.8 Å². The van der Waals surface area contributed by atoms with Crippen molar-refractivity contribution in [3.05, 3.63) is 53.6 Å². The number of rotatable bonds is 8. The van der Waals surface area contributed by atoms with Crippen LogP contribution in [0.5, 0.6) is 11.5 Å². The smallest absolute Gasteiger partial charge is 0.195 e. The molecule has 6 nitrogen and oxygen atoms in total. The summed E-state index contributed by atoms with van der Waals surface area (Å²) in [7, 11) is 5.06. The van der Waals surface area contributed by atoms with E-state index in [1.165, 1.54) is 0 Å². The maximum atomic E-state index is 5.54. The highest BCUT2D eigenvalue weighted by Gasteiger charge is 2.07. The lowest BCUT2D eigenvalue weighted by molar-refractivity contribution is 0.185. The van der Waals surface area contributed by atoms with Crippen molar-refractivity contribution in [2.24, 2.45) is 4.99 Å². The van der Waals surface area contributed by atoms with Crippen LogP contribution in [0.2, 0.25) is 0 Å². The first-order valence-corrected chi connectivity index (χ1v) is 8.55. The molecular weight excluding hydrogens is 457 g/mol. The summed E-state index contributed by atoms with van der Waals surface area (Å²) >= 11 is 0. The Hall–Kier alpha value is -2.00. The first-order valence-electron chi connectivity index (χ1n) is 8.55. The average molecular weight is 485 g/mol. The largest absolute Gasteiger partial charge is 0.493 e. The summed E-state index contributed by atoms with van der Waals surface area (Å²) in [5.74, 6) is 2.08. The summed E-state index contributed by atoms with van der Waals surface area (Å²) in [5, 5.41) is 6.57. The molecule has 7 heteroatoms. The van der Waals surface area contributed by atoms with Crippen LogP contribution in [0.3, 0.4) is 0 Å². The molecule has 0 fully saturated rings. The molecule has 0 atom stereocenters. The lowest BCUT2D eigenvalue weighted by atomic mass is 10.1. The Labute approximate surface area is 178 Å². The zero-order chi connectivity index (χ0) is 18.8. The van der Waals surface area contributed by atoms with Crippen LogP contribution < -0.4 is 20.1 Å². The van der Waals surface area contributed by atoms with Gasteiger partial charge in [-0.2, -0.15) is 0 Å². The number of guanidine groups is 1. The number of methoxy groups -OCH3 is 2. The zero-order valence-corrected chi connectivity index (χ0v) is 18.6. The first-order chi connectivity index (χ1) is 12.7. The van der Waals surface area contributed by atoms with E-state index in [0.29, 0.717) is 31.5 Å². The van der Waals surface area contributed by atoms with Gasteiger partial charge in [0.15, 0.2) is 17.5 Å². The van der Waals surface area contributed by atoms with E-state index in [0.717, 1.165) is 22.6 Å². The van der Waals surface area contributed by atoms with Crippen LogP contribution in [-0.2, 0) is 17.9 Å². The van der Waals surface area contributed by atoms with Crippen molar-refractivity contribution in [1.29, 1.82) is 0 Å². The maximum Gasteiger partial charge on any atom is 0.195 e. The maximum absolute atomic E-state index is 5.54. The van der Waals surface area contributed by atoms with Crippen LogP contribution in [0.1, 0.15) is 18.1 Å². The highest BCUT2D eigenvalue weighted by atomic mass is 127. The van der Waals surface area contributed by atoms with E-state index < -0.39 is 0 Å². The molecular formula is C20H28IN3O3. The Kier molecular flexibility index (Phi) is 10.6. The number of ether oxygens (including phenoxy) is 3. The number of halogens is 1. The van der Waals surface area contributed by atoms with Gasteiger partial charge < -0.3 is 24.8 Å². The highest BCUT2D eigenvalue weighted by molar-refractivity contribution is 14.0. The quantitative estimate of drug-likeness (QED) is 0.336. The number of nitrogens with one attached hydrogen (secondary N) is 2. The van der Waals surface area contributed by atoms with Crippen molar-refractivity contribution < 1.29 is 14.2 Å². The van der Waals surface area contributed by atoms with Crippen LogP contribution in [0.4, 0.5) is 5.69 Å². The van der Waals surface area contributed by atoms with E-state index in [4.69, 9.17) is 14.2 Å². The van der Waals surface area contributed by atoms with Crippen LogP contribution in [0.15, 0.2) is 47.5 Å². The van der Waals surface area contributed by atoms with E-state index in [2.05, 4.69) is 27.8 Å². The molecule has 0 saturated heterocycles. The lowest BCUT2D eigenvalue weighted by Gasteiger charge is -2.15. The SMILES string of the molecule is CCOc1ccc(NC(=NC)NCc2cccc(COC)c2)cc1OC.I. The van der Waals surface area contributed by atoms with Gasteiger partial charge in [-0.05, 0) is 30.2 Å². The lowest BCUT2D eigenvalue weighted by Crippen LogP contribution is -2.30. The second-order valence-electron chi connectivity index (χ2n) is 5.60. The summed E-state index contributed by atoms with van der Waals surface area (Å²) in [4.78, 5) is 4.27. The monoisotopic (exact) mass is 485 g/mol. The van der Waals surface area contributed by atoms with E-state index in [1.807, 2.05) is 37.3 Å². The van der Waals surface area contributed by atoms with Gasteiger partial charge in [0.1, 0.15) is 0 Å². The van der Waals surface area contributed by atoms with Crippen molar-refractivity contribution in [1.82, 2.24) is 5.32 Å². The molecule has 0 heterocycles. The number of hydrogen-bond acceptors (Lipinski definition) is 4. The summed E-state index contributed by atoms with van der Waals surface area (Å²) in [6.07, 6.45) is 0. The number of anilines is 1. The molecule has 148 valence electrons. The molecule has 27 heavy (non-hydrogen) atoms. The number of hydrogen-bond donors (Lipinski definition) is 2. The van der Waals surface area contributed by atoms with Gasteiger partial charge in [-0.1, -0.05) is 24.3 Å². The van der Waals surface area contributed by atoms with Crippen LogP contribution >= 0.6 is 24.0 Å². The molecule has 0 aliphatic carbocycles. The minimum Gasteiger partial charge on any atom is -0.493 e. The van der Waals surface area contributed by atoms with Crippen LogP contribution in [0, 0.1) is 0 Å². The highest BCUT2D eigenvalue weighted by Crippen LogP contribution is 2.30. The van der Waals surface area contributed by atoms with Gasteiger partial charge in [-0.3, -0.25) is 4.99 Å². The minimum absolute atomic E-state index is 0. The second-order valence-corrected chi connectivity index (χ2v) is 5.60. The summed E-state index contributed by atoms with van der Waals surface area (Å²) < 4.78 is 16.1. The van der Waals surface area contributed by atoms with Gasteiger partial charge in [0.25, 0.3) is 0 Å². The molecule has 0 saturated carbocycles. The molecule has 2 N–H and O–H groups in total.